The number of anilines is 3. The van der Waals surface area contributed by atoms with Crippen molar-refractivity contribution in [2.75, 3.05) is 4.90 Å². The quantitative estimate of drug-likeness (QED) is 0.156. The van der Waals surface area contributed by atoms with Gasteiger partial charge >= 0.3 is 0 Å². The topological polar surface area (TPSA) is 8.17 Å². The van der Waals surface area contributed by atoms with Gasteiger partial charge in [0, 0.05) is 33.5 Å². The molecule has 0 aliphatic rings. The summed E-state index contributed by atoms with van der Waals surface area (Å²) in [6, 6.07) is 79.5. The molecule has 0 saturated carbocycles. The Hall–Kier alpha value is -7.42. The number of aromatic nitrogens is 1. The van der Waals surface area contributed by atoms with Crippen molar-refractivity contribution in [2.24, 2.45) is 0 Å². The van der Waals surface area contributed by atoms with E-state index in [4.69, 9.17) is 0 Å². The highest BCUT2D eigenvalue weighted by Gasteiger charge is 2.16. The van der Waals surface area contributed by atoms with Crippen molar-refractivity contribution < 1.29 is 0 Å². The van der Waals surface area contributed by atoms with Gasteiger partial charge in [0.15, 0.2) is 0 Å². The zero-order chi connectivity index (χ0) is 37.0. The highest BCUT2D eigenvalue weighted by Crippen LogP contribution is 2.40. The van der Waals surface area contributed by atoms with Gasteiger partial charge in [-0.25, -0.2) is 0 Å². The van der Waals surface area contributed by atoms with E-state index in [1.54, 1.807) is 0 Å². The smallest absolute Gasteiger partial charge is 0.0547 e. The molecule has 0 aliphatic heterocycles. The summed E-state index contributed by atoms with van der Waals surface area (Å²) in [5, 5.41) is 10.1. The Kier molecular flexibility index (Phi) is 7.53. The predicted molar refractivity (Wildman–Crippen MR) is 239 cm³/mol. The molecule has 1 aromatic heterocycles. The summed E-state index contributed by atoms with van der Waals surface area (Å²) in [6.07, 6.45) is 0. The van der Waals surface area contributed by atoms with Crippen LogP contribution in [0.2, 0.25) is 0 Å². The van der Waals surface area contributed by atoms with E-state index in [0.717, 1.165) is 22.7 Å². The highest BCUT2D eigenvalue weighted by molar-refractivity contribution is 6.13. The molecule has 0 aliphatic carbocycles. The van der Waals surface area contributed by atoms with Crippen molar-refractivity contribution in [2.45, 2.75) is 0 Å². The van der Waals surface area contributed by atoms with Crippen molar-refractivity contribution in [1.29, 1.82) is 0 Å². The number of rotatable bonds is 6. The molecule has 11 rings (SSSR count). The Morgan fingerprint density at radius 3 is 1.64 bits per heavy atom. The van der Waals surface area contributed by atoms with Gasteiger partial charge < -0.3 is 9.47 Å². The van der Waals surface area contributed by atoms with Gasteiger partial charge in [-0.05, 0) is 121 Å². The Bertz CT molecular complexity index is 3230. The lowest BCUT2D eigenvalue weighted by atomic mass is 10.0. The maximum atomic E-state index is 2.40. The molecule has 0 unspecified atom stereocenters. The number of hydrogen-bond acceptors (Lipinski definition) is 1. The van der Waals surface area contributed by atoms with Crippen molar-refractivity contribution in [1.82, 2.24) is 4.57 Å². The summed E-state index contributed by atoms with van der Waals surface area (Å²) < 4.78 is 2.40. The third kappa shape index (κ3) is 5.42. The van der Waals surface area contributed by atoms with E-state index in [9.17, 15) is 0 Å². The fraction of sp³-hybridized carbons (Fsp3) is 0. The maximum Gasteiger partial charge on any atom is 0.0547 e. The highest BCUT2D eigenvalue weighted by atomic mass is 15.1. The standard InChI is InChI=1S/C54H36N2/c1-2-11-37(12-3-1)41-16-10-17-47(33-41)55(48-31-32-50-44(34-48)22-21-40-13-6-7-18-49(40)50)45-27-23-38(24-28-45)39-25-29-46(30-26-39)56-53-20-9-8-19-51(53)52-35-42-14-4-5-15-43(42)36-54(52)56/h1-36H. The lowest BCUT2D eigenvalue weighted by Gasteiger charge is -2.27. The number of benzene rings is 10. The molecule has 0 N–H and O–H groups in total. The van der Waals surface area contributed by atoms with Crippen LogP contribution in [0, 0.1) is 0 Å². The average Bonchev–Trinajstić information content (AvgIpc) is 3.59. The third-order valence-electron chi connectivity index (χ3n) is 11.3. The predicted octanol–water partition coefficient (Wildman–Crippen LogP) is 15.0. The molecule has 56 heavy (non-hydrogen) atoms. The van der Waals surface area contributed by atoms with Gasteiger partial charge in [0.1, 0.15) is 0 Å². The van der Waals surface area contributed by atoms with Gasteiger partial charge in [-0.1, -0.05) is 152 Å². The monoisotopic (exact) mass is 712 g/mol. The molecular weight excluding hydrogens is 677 g/mol. The molecule has 0 atom stereocenters. The van der Waals surface area contributed by atoms with Crippen molar-refractivity contribution in [3.8, 4) is 27.9 Å². The van der Waals surface area contributed by atoms with E-state index in [0.29, 0.717) is 0 Å². The van der Waals surface area contributed by atoms with E-state index < -0.39 is 0 Å². The molecule has 262 valence electrons. The molecule has 0 bridgehead atoms. The van der Waals surface area contributed by atoms with E-state index in [-0.39, 0.29) is 0 Å². The fourth-order valence-electron chi connectivity index (χ4n) is 8.58. The van der Waals surface area contributed by atoms with Gasteiger partial charge in [0.2, 0.25) is 0 Å². The zero-order valence-corrected chi connectivity index (χ0v) is 30.7. The Morgan fingerprint density at radius 2 is 0.839 bits per heavy atom. The van der Waals surface area contributed by atoms with Gasteiger partial charge in [0.25, 0.3) is 0 Å². The molecule has 10 aromatic carbocycles. The summed E-state index contributed by atoms with van der Waals surface area (Å²) in [6.45, 7) is 0. The summed E-state index contributed by atoms with van der Waals surface area (Å²) in [5.74, 6) is 0. The SMILES string of the molecule is c1ccc(-c2cccc(N(c3ccc(-c4ccc(-n5c6ccccc6c6cc7ccccc7cc65)cc4)cc3)c3ccc4c(ccc5ccccc54)c3)c2)cc1. The molecule has 1 heterocycles. The Labute approximate surface area is 325 Å². The summed E-state index contributed by atoms with van der Waals surface area (Å²) >= 11 is 0. The van der Waals surface area contributed by atoms with Crippen LogP contribution in [0.15, 0.2) is 218 Å². The lowest BCUT2D eigenvalue weighted by molar-refractivity contribution is 1.18. The van der Waals surface area contributed by atoms with Crippen molar-refractivity contribution in [3.05, 3.63) is 218 Å². The van der Waals surface area contributed by atoms with Gasteiger partial charge in [0.05, 0.1) is 11.0 Å². The number of fused-ring (bicyclic) bond motifs is 7. The molecule has 0 saturated heterocycles. The normalized spacial score (nSPS) is 11.6. The molecule has 0 spiro atoms. The lowest BCUT2D eigenvalue weighted by Crippen LogP contribution is -2.10. The van der Waals surface area contributed by atoms with Crippen molar-refractivity contribution in [3.63, 3.8) is 0 Å². The molecule has 11 aromatic rings. The maximum absolute atomic E-state index is 2.40. The van der Waals surface area contributed by atoms with Crippen LogP contribution >= 0.6 is 0 Å². The Balaban J connectivity index is 0.984. The minimum Gasteiger partial charge on any atom is -0.310 e. The molecule has 0 amide bonds. The molecule has 2 nitrogen and oxygen atoms in total. The average molecular weight is 713 g/mol. The number of hydrogen-bond donors (Lipinski definition) is 0. The summed E-state index contributed by atoms with van der Waals surface area (Å²) in [5.41, 5.74) is 11.7. The summed E-state index contributed by atoms with van der Waals surface area (Å²) in [7, 11) is 0. The zero-order valence-electron chi connectivity index (χ0n) is 30.7. The van der Waals surface area contributed by atoms with Crippen LogP contribution in [-0.2, 0) is 0 Å². The first kappa shape index (κ1) is 32.0. The second kappa shape index (κ2) is 13.2. The van der Waals surface area contributed by atoms with Crippen LogP contribution in [0.5, 0.6) is 0 Å². The summed E-state index contributed by atoms with van der Waals surface area (Å²) in [4.78, 5) is 2.37. The van der Waals surface area contributed by atoms with Crippen LogP contribution < -0.4 is 4.90 Å². The van der Waals surface area contributed by atoms with Crippen molar-refractivity contribution >= 4 is 71.2 Å². The molecular formula is C54H36N2. The minimum absolute atomic E-state index is 1.10. The van der Waals surface area contributed by atoms with E-state index in [1.807, 2.05) is 0 Å². The van der Waals surface area contributed by atoms with Gasteiger partial charge in [-0.2, -0.15) is 0 Å². The minimum atomic E-state index is 1.10. The van der Waals surface area contributed by atoms with E-state index >= 15 is 0 Å². The number of para-hydroxylation sites is 1. The largest absolute Gasteiger partial charge is 0.310 e. The van der Waals surface area contributed by atoms with E-state index in [1.165, 1.54) is 76.4 Å². The molecule has 0 fully saturated rings. The second-order valence-corrected chi connectivity index (χ2v) is 14.6. The number of nitrogens with zero attached hydrogens (tertiary/aromatic N) is 2. The van der Waals surface area contributed by atoms with Crippen LogP contribution in [0.4, 0.5) is 17.1 Å². The fourth-order valence-corrected chi connectivity index (χ4v) is 8.58. The van der Waals surface area contributed by atoms with E-state index in [2.05, 4.69) is 228 Å². The Morgan fingerprint density at radius 1 is 0.268 bits per heavy atom. The van der Waals surface area contributed by atoms with Gasteiger partial charge in [-0.15, -0.1) is 0 Å². The third-order valence-corrected chi connectivity index (χ3v) is 11.3. The van der Waals surface area contributed by atoms with Crippen LogP contribution in [-0.4, -0.2) is 4.57 Å². The first-order valence-electron chi connectivity index (χ1n) is 19.3. The second-order valence-electron chi connectivity index (χ2n) is 14.6. The van der Waals surface area contributed by atoms with Crippen LogP contribution in [0.1, 0.15) is 0 Å². The van der Waals surface area contributed by atoms with Crippen LogP contribution in [0.3, 0.4) is 0 Å². The van der Waals surface area contributed by atoms with Crippen LogP contribution in [0.25, 0.3) is 82.1 Å². The first-order chi connectivity index (χ1) is 27.7. The molecule has 2 heteroatoms. The molecule has 0 radical (unpaired) electrons. The first-order valence-corrected chi connectivity index (χ1v) is 19.3. The van der Waals surface area contributed by atoms with Gasteiger partial charge in [-0.3, -0.25) is 0 Å².